The normalized spacial score (nSPS) is 11.0. The maximum absolute atomic E-state index is 14.7. The van der Waals surface area contributed by atoms with Crippen molar-refractivity contribution in [3.8, 4) is 5.88 Å². The van der Waals surface area contributed by atoms with Crippen LogP contribution in [0, 0.1) is 11.8 Å². The lowest BCUT2D eigenvalue weighted by molar-refractivity contribution is 0.0600. The van der Waals surface area contributed by atoms with Crippen molar-refractivity contribution in [3.63, 3.8) is 0 Å². The third-order valence-corrected chi connectivity index (χ3v) is 5.14. The molecule has 4 heterocycles. The Morgan fingerprint density at radius 1 is 1.03 bits per heavy atom. The second kappa shape index (κ2) is 9.09. The SMILES string of the molecule is COC(=O)c1cnc2[nH]cc(Cc3ccc(CCc4cc(F)cnc4OC)nc3F)c2c1. The molecule has 0 bridgehead atoms. The first-order valence-electron chi connectivity index (χ1n) is 9.85. The summed E-state index contributed by atoms with van der Waals surface area (Å²) in [4.78, 5) is 27.0. The van der Waals surface area contributed by atoms with E-state index in [0.717, 1.165) is 11.8 Å². The first-order chi connectivity index (χ1) is 15.5. The monoisotopic (exact) mass is 438 g/mol. The number of hydrogen-bond donors (Lipinski definition) is 1. The van der Waals surface area contributed by atoms with Crippen LogP contribution in [0.3, 0.4) is 0 Å². The number of halogens is 2. The van der Waals surface area contributed by atoms with Crippen molar-refractivity contribution in [2.75, 3.05) is 14.2 Å². The van der Waals surface area contributed by atoms with Gasteiger partial charge in [0.15, 0.2) is 0 Å². The van der Waals surface area contributed by atoms with E-state index in [9.17, 15) is 13.6 Å². The Morgan fingerprint density at radius 2 is 1.88 bits per heavy atom. The standard InChI is InChI=1S/C23H20F2N4O3/c1-31-22-14(8-17(24)12-28-22)4-6-18-5-3-13(20(25)29-18)7-15-10-26-21-19(15)9-16(11-27-21)23(30)32-2/h3,5,8-12H,4,6-7H2,1-2H3,(H,26,27). The smallest absolute Gasteiger partial charge is 0.339 e. The number of ether oxygens (including phenoxy) is 2. The molecule has 32 heavy (non-hydrogen) atoms. The number of aromatic amines is 1. The van der Waals surface area contributed by atoms with E-state index in [-0.39, 0.29) is 6.42 Å². The molecule has 164 valence electrons. The summed E-state index contributed by atoms with van der Waals surface area (Å²) in [5.41, 5.74) is 3.22. The van der Waals surface area contributed by atoms with E-state index in [1.807, 2.05) is 0 Å². The highest BCUT2D eigenvalue weighted by Crippen LogP contribution is 2.23. The van der Waals surface area contributed by atoms with E-state index in [4.69, 9.17) is 9.47 Å². The van der Waals surface area contributed by atoms with Gasteiger partial charge in [-0.2, -0.15) is 4.39 Å². The van der Waals surface area contributed by atoms with Gasteiger partial charge in [0, 0.05) is 41.0 Å². The summed E-state index contributed by atoms with van der Waals surface area (Å²) in [7, 11) is 2.76. The van der Waals surface area contributed by atoms with Gasteiger partial charge >= 0.3 is 5.97 Å². The largest absolute Gasteiger partial charge is 0.481 e. The molecule has 4 aromatic heterocycles. The van der Waals surface area contributed by atoms with E-state index in [1.54, 1.807) is 24.4 Å². The van der Waals surface area contributed by atoms with Crippen LogP contribution >= 0.6 is 0 Å². The average Bonchev–Trinajstić information content (AvgIpc) is 3.20. The molecule has 4 aromatic rings. The number of hydrogen-bond acceptors (Lipinski definition) is 6. The number of nitrogens with zero attached hydrogens (tertiary/aromatic N) is 3. The fourth-order valence-electron chi connectivity index (χ4n) is 3.50. The summed E-state index contributed by atoms with van der Waals surface area (Å²) >= 11 is 0. The van der Waals surface area contributed by atoms with E-state index < -0.39 is 17.7 Å². The van der Waals surface area contributed by atoms with Crippen molar-refractivity contribution in [3.05, 3.63) is 82.6 Å². The molecule has 0 aliphatic carbocycles. The number of esters is 1. The molecule has 0 radical (unpaired) electrons. The van der Waals surface area contributed by atoms with Gasteiger partial charge < -0.3 is 14.5 Å². The van der Waals surface area contributed by atoms with Crippen LogP contribution in [-0.2, 0) is 24.0 Å². The van der Waals surface area contributed by atoms with Gasteiger partial charge in [0.05, 0.1) is 26.0 Å². The molecule has 0 spiro atoms. The van der Waals surface area contributed by atoms with Gasteiger partial charge in [0.25, 0.3) is 0 Å². The molecule has 0 saturated heterocycles. The molecule has 0 amide bonds. The Labute approximate surface area is 182 Å². The molecule has 0 atom stereocenters. The van der Waals surface area contributed by atoms with Gasteiger partial charge in [0.1, 0.15) is 11.5 Å². The second-order valence-corrected chi connectivity index (χ2v) is 7.18. The van der Waals surface area contributed by atoms with Crippen molar-refractivity contribution < 1.29 is 23.0 Å². The molecule has 4 rings (SSSR count). The Kier molecular flexibility index (Phi) is 6.07. The maximum atomic E-state index is 14.7. The number of H-pyrrole nitrogens is 1. The van der Waals surface area contributed by atoms with Gasteiger partial charge in [-0.25, -0.2) is 24.1 Å². The summed E-state index contributed by atoms with van der Waals surface area (Å²) in [6.45, 7) is 0. The zero-order chi connectivity index (χ0) is 22.7. The Bertz CT molecular complexity index is 1290. The van der Waals surface area contributed by atoms with Gasteiger partial charge in [-0.15, -0.1) is 0 Å². The number of methoxy groups -OCH3 is 2. The number of pyridine rings is 3. The van der Waals surface area contributed by atoms with Crippen LogP contribution in [0.4, 0.5) is 8.78 Å². The minimum atomic E-state index is -0.585. The van der Waals surface area contributed by atoms with E-state index >= 15 is 0 Å². The van der Waals surface area contributed by atoms with Crippen molar-refractivity contribution in [2.24, 2.45) is 0 Å². The van der Waals surface area contributed by atoms with Crippen LogP contribution in [0.1, 0.15) is 32.7 Å². The first kappa shape index (κ1) is 21.4. The highest BCUT2D eigenvalue weighted by Gasteiger charge is 2.14. The van der Waals surface area contributed by atoms with Crippen LogP contribution in [0.15, 0.2) is 42.9 Å². The van der Waals surface area contributed by atoms with Gasteiger partial charge in [0.2, 0.25) is 11.8 Å². The highest BCUT2D eigenvalue weighted by molar-refractivity contribution is 5.94. The maximum Gasteiger partial charge on any atom is 0.339 e. The number of carbonyl (C=O) groups is 1. The van der Waals surface area contributed by atoms with Crippen LogP contribution in [0.5, 0.6) is 5.88 Å². The summed E-state index contributed by atoms with van der Waals surface area (Å²) in [5, 5.41) is 0.710. The quantitative estimate of drug-likeness (QED) is 0.349. The predicted octanol–water partition coefficient (Wildman–Crippen LogP) is 3.80. The number of aromatic nitrogens is 4. The number of aryl methyl sites for hydroxylation is 2. The molecule has 0 saturated carbocycles. The summed E-state index contributed by atoms with van der Waals surface area (Å²) in [5.74, 6) is -1.20. The molecule has 0 aliphatic rings. The molecule has 9 heteroatoms. The fourth-order valence-corrected chi connectivity index (χ4v) is 3.50. The third kappa shape index (κ3) is 4.41. The Balaban J connectivity index is 1.52. The van der Waals surface area contributed by atoms with Crippen molar-refractivity contribution in [1.29, 1.82) is 0 Å². The summed E-state index contributed by atoms with van der Waals surface area (Å²) < 4.78 is 38.1. The topological polar surface area (TPSA) is 90.0 Å². The lowest BCUT2D eigenvalue weighted by Gasteiger charge is -2.08. The fraction of sp³-hybridized carbons (Fsp3) is 0.217. The Morgan fingerprint density at radius 3 is 2.62 bits per heavy atom. The molecule has 0 aromatic carbocycles. The van der Waals surface area contributed by atoms with E-state index in [1.165, 1.54) is 26.5 Å². The zero-order valence-electron chi connectivity index (χ0n) is 17.5. The van der Waals surface area contributed by atoms with Crippen molar-refractivity contribution >= 4 is 17.0 Å². The lowest BCUT2D eigenvalue weighted by atomic mass is 10.0. The number of rotatable bonds is 7. The number of nitrogens with one attached hydrogen (secondary N) is 1. The minimum absolute atomic E-state index is 0.271. The van der Waals surface area contributed by atoms with Gasteiger partial charge in [-0.05, 0) is 36.6 Å². The van der Waals surface area contributed by atoms with E-state index in [2.05, 4.69) is 19.9 Å². The lowest BCUT2D eigenvalue weighted by Crippen LogP contribution is -2.03. The first-order valence-corrected chi connectivity index (χ1v) is 9.85. The molecular formula is C23H20F2N4O3. The number of fused-ring (bicyclic) bond motifs is 1. The van der Waals surface area contributed by atoms with Gasteiger partial charge in [-0.1, -0.05) is 6.07 Å². The average molecular weight is 438 g/mol. The van der Waals surface area contributed by atoms with Crippen LogP contribution in [0.2, 0.25) is 0 Å². The molecule has 1 N–H and O–H groups in total. The summed E-state index contributed by atoms with van der Waals surface area (Å²) in [6.07, 6.45) is 5.32. The van der Waals surface area contributed by atoms with Crippen LogP contribution < -0.4 is 4.74 Å². The second-order valence-electron chi connectivity index (χ2n) is 7.18. The predicted molar refractivity (Wildman–Crippen MR) is 113 cm³/mol. The highest BCUT2D eigenvalue weighted by atomic mass is 19.1. The van der Waals surface area contributed by atoms with Gasteiger partial charge in [-0.3, -0.25) is 0 Å². The van der Waals surface area contributed by atoms with Crippen LogP contribution in [0.25, 0.3) is 11.0 Å². The molecular weight excluding hydrogens is 418 g/mol. The van der Waals surface area contributed by atoms with Crippen LogP contribution in [-0.4, -0.2) is 40.1 Å². The van der Waals surface area contributed by atoms with Crippen molar-refractivity contribution in [1.82, 2.24) is 19.9 Å². The van der Waals surface area contributed by atoms with E-state index in [0.29, 0.717) is 52.1 Å². The summed E-state index contributed by atoms with van der Waals surface area (Å²) in [6, 6.07) is 6.43. The molecule has 7 nitrogen and oxygen atoms in total. The number of carbonyl (C=O) groups excluding carboxylic acids is 1. The molecule has 0 unspecified atom stereocenters. The zero-order valence-corrected chi connectivity index (χ0v) is 17.5. The molecule has 0 aliphatic heterocycles. The Hall–Kier alpha value is -3.88. The minimum Gasteiger partial charge on any atom is -0.481 e. The third-order valence-electron chi connectivity index (χ3n) is 5.14. The van der Waals surface area contributed by atoms with Crippen molar-refractivity contribution in [2.45, 2.75) is 19.3 Å². The molecule has 0 fully saturated rings.